The van der Waals surface area contributed by atoms with E-state index in [-0.39, 0.29) is 12.0 Å². The molecule has 0 radical (unpaired) electrons. The van der Waals surface area contributed by atoms with Gasteiger partial charge in [0.1, 0.15) is 0 Å². The van der Waals surface area contributed by atoms with E-state index in [1.165, 1.54) is 12.1 Å². The van der Waals surface area contributed by atoms with Gasteiger partial charge in [-0.1, -0.05) is 18.2 Å². The fraction of sp³-hybridized carbons (Fsp3) is 0.571. The van der Waals surface area contributed by atoms with Crippen molar-refractivity contribution in [1.82, 2.24) is 10.2 Å². The molecule has 0 saturated carbocycles. The largest absolute Gasteiger partial charge is 0.416 e. The third-order valence-corrected chi connectivity index (χ3v) is 3.71. The van der Waals surface area contributed by atoms with Crippen LogP contribution in [0.2, 0.25) is 0 Å². The van der Waals surface area contributed by atoms with E-state index >= 15 is 0 Å². The number of piperazine rings is 1. The lowest BCUT2D eigenvalue weighted by atomic mass is 9.95. The van der Waals surface area contributed by atoms with E-state index in [0.717, 1.165) is 32.2 Å². The molecular weight excluding hydrogens is 267 g/mol. The Morgan fingerprint density at radius 3 is 2.40 bits per heavy atom. The van der Waals surface area contributed by atoms with E-state index in [1.54, 1.807) is 13.0 Å². The van der Waals surface area contributed by atoms with Gasteiger partial charge in [-0.3, -0.25) is 4.90 Å². The minimum absolute atomic E-state index is 0.183. The summed E-state index contributed by atoms with van der Waals surface area (Å²) in [4.78, 5) is 2.04. The van der Waals surface area contributed by atoms with Crippen molar-refractivity contribution in [2.75, 3.05) is 26.2 Å². The Kier molecular flexibility index (Phi) is 4.36. The molecule has 1 aromatic carbocycles. The van der Waals surface area contributed by atoms with Gasteiger partial charge in [0, 0.05) is 32.6 Å². The maximum absolute atomic E-state index is 13.0. The highest BCUT2D eigenvalue weighted by atomic mass is 19.4. The lowest BCUT2D eigenvalue weighted by Gasteiger charge is -2.41. The van der Waals surface area contributed by atoms with Gasteiger partial charge in [0.05, 0.1) is 11.2 Å². The second-order valence-corrected chi connectivity index (χ2v) is 5.43. The Hall–Kier alpha value is -1.11. The Balaban J connectivity index is 2.20. The van der Waals surface area contributed by atoms with Gasteiger partial charge < -0.3 is 11.1 Å². The van der Waals surface area contributed by atoms with Crippen LogP contribution in [0.25, 0.3) is 0 Å². The molecule has 0 bridgehead atoms. The van der Waals surface area contributed by atoms with Crippen LogP contribution < -0.4 is 11.1 Å². The summed E-state index contributed by atoms with van der Waals surface area (Å²) >= 11 is 0. The molecule has 1 unspecified atom stereocenters. The number of alkyl halides is 3. The van der Waals surface area contributed by atoms with Crippen LogP contribution in [0.1, 0.15) is 18.1 Å². The average Bonchev–Trinajstić information content (AvgIpc) is 2.39. The molecule has 3 N–H and O–H groups in total. The molecule has 1 saturated heterocycles. The van der Waals surface area contributed by atoms with E-state index in [2.05, 4.69) is 5.32 Å². The fourth-order valence-corrected chi connectivity index (χ4v) is 2.62. The minimum atomic E-state index is -4.34. The van der Waals surface area contributed by atoms with Gasteiger partial charge in [-0.2, -0.15) is 13.2 Å². The lowest BCUT2D eigenvalue weighted by molar-refractivity contribution is -0.138. The summed E-state index contributed by atoms with van der Waals surface area (Å²) < 4.78 is 39.0. The maximum Gasteiger partial charge on any atom is 0.416 e. The number of nitrogens with one attached hydrogen (secondary N) is 1. The number of hydrogen-bond donors (Lipinski definition) is 2. The molecule has 0 aromatic heterocycles. The van der Waals surface area contributed by atoms with E-state index < -0.39 is 17.4 Å². The van der Waals surface area contributed by atoms with Gasteiger partial charge in [-0.25, -0.2) is 0 Å². The molecule has 20 heavy (non-hydrogen) atoms. The van der Waals surface area contributed by atoms with Gasteiger partial charge in [0.2, 0.25) is 0 Å². The first-order valence-electron chi connectivity index (χ1n) is 6.70. The monoisotopic (exact) mass is 287 g/mol. The predicted octanol–water partition coefficient (Wildman–Crippen LogP) is 1.83. The number of benzene rings is 1. The molecule has 6 heteroatoms. The Morgan fingerprint density at radius 1 is 1.20 bits per heavy atom. The van der Waals surface area contributed by atoms with Gasteiger partial charge in [-0.05, 0) is 18.6 Å². The highest BCUT2D eigenvalue weighted by Crippen LogP contribution is 2.33. The van der Waals surface area contributed by atoms with E-state index in [0.29, 0.717) is 0 Å². The van der Waals surface area contributed by atoms with Crippen LogP contribution in [0, 0.1) is 0 Å². The average molecular weight is 287 g/mol. The van der Waals surface area contributed by atoms with Crippen molar-refractivity contribution in [2.45, 2.75) is 25.2 Å². The third-order valence-electron chi connectivity index (χ3n) is 3.71. The van der Waals surface area contributed by atoms with Crippen LogP contribution in [-0.4, -0.2) is 36.7 Å². The second-order valence-electron chi connectivity index (χ2n) is 5.43. The number of nitrogens with zero attached hydrogens (tertiary/aromatic N) is 1. The van der Waals surface area contributed by atoms with Gasteiger partial charge >= 0.3 is 6.18 Å². The summed E-state index contributed by atoms with van der Waals surface area (Å²) in [5.74, 6) is 0. The molecule has 3 nitrogen and oxygen atoms in total. The SMILES string of the molecule is CC(N)(Cc1ccccc1C(F)(F)F)N1CCNCC1. The lowest BCUT2D eigenvalue weighted by Crippen LogP contribution is -2.60. The van der Waals surface area contributed by atoms with E-state index in [4.69, 9.17) is 5.73 Å². The third kappa shape index (κ3) is 3.50. The van der Waals surface area contributed by atoms with Crippen molar-refractivity contribution in [3.63, 3.8) is 0 Å². The zero-order valence-electron chi connectivity index (χ0n) is 11.5. The molecular formula is C14H20F3N3. The van der Waals surface area contributed by atoms with Crippen molar-refractivity contribution in [2.24, 2.45) is 5.73 Å². The van der Waals surface area contributed by atoms with Crippen molar-refractivity contribution in [1.29, 1.82) is 0 Å². The van der Waals surface area contributed by atoms with Gasteiger partial charge in [0.15, 0.2) is 0 Å². The quantitative estimate of drug-likeness (QED) is 0.891. The summed E-state index contributed by atoms with van der Waals surface area (Å²) in [6, 6.07) is 5.66. The van der Waals surface area contributed by atoms with Crippen LogP contribution in [0.15, 0.2) is 24.3 Å². The molecule has 1 heterocycles. The topological polar surface area (TPSA) is 41.3 Å². The predicted molar refractivity (Wildman–Crippen MR) is 72.2 cm³/mol. The smallest absolute Gasteiger partial charge is 0.314 e. The summed E-state index contributed by atoms with van der Waals surface area (Å²) in [6.45, 7) is 4.93. The van der Waals surface area contributed by atoms with Crippen LogP contribution in [0.5, 0.6) is 0 Å². The van der Waals surface area contributed by atoms with Crippen LogP contribution in [0.3, 0.4) is 0 Å². The normalized spacial score (nSPS) is 20.6. The molecule has 0 aliphatic carbocycles. The van der Waals surface area contributed by atoms with E-state index in [9.17, 15) is 13.2 Å². The zero-order chi connectivity index (χ0) is 14.8. The first-order valence-corrected chi connectivity index (χ1v) is 6.70. The highest BCUT2D eigenvalue weighted by Gasteiger charge is 2.36. The van der Waals surface area contributed by atoms with E-state index in [1.807, 2.05) is 4.90 Å². The second kappa shape index (κ2) is 5.71. The molecule has 1 aliphatic rings. The van der Waals surface area contributed by atoms with Crippen molar-refractivity contribution in [3.05, 3.63) is 35.4 Å². The molecule has 1 aliphatic heterocycles. The molecule has 1 atom stereocenters. The Labute approximate surface area is 116 Å². The summed E-state index contributed by atoms with van der Waals surface area (Å²) in [5.41, 5.74) is 5.15. The minimum Gasteiger partial charge on any atom is -0.314 e. The van der Waals surface area contributed by atoms with Gasteiger partial charge in [0.25, 0.3) is 0 Å². The molecule has 1 aromatic rings. The summed E-state index contributed by atoms with van der Waals surface area (Å²) in [7, 11) is 0. The number of halogens is 3. The first kappa shape index (κ1) is 15.3. The molecule has 2 rings (SSSR count). The van der Waals surface area contributed by atoms with Gasteiger partial charge in [-0.15, -0.1) is 0 Å². The van der Waals surface area contributed by atoms with Crippen LogP contribution in [0.4, 0.5) is 13.2 Å². The summed E-state index contributed by atoms with van der Waals surface area (Å²) in [6.07, 6.45) is -4.15. The molecule has 1 fully saturated rings. The molecule has 0 amide bonds. The van der Waals surface area contributed by atoms with Crippen molar-refractivity contribution < 1.29 is 13.2 Å². The number of nitrogens with two attached hydrogens (primary N) is 1. The van der Waals surface area contributed by atoms with Crippen molar-refractivity contribution in [3.8, 4) is 0 Å². The first-order chi connectivity index (χ1) is 9.31. The van der Waals surface area contributed by atoms with Crippen LogP contribution in [-0.2, 0) is 12.6 Å². The Morgan fingerprint density at radius 2 is 1.80 bits per heavy atom. The summed E-state index contributed by atoms with van der Waals surface area (Å²) in [5, 5.41) is 3.21. The molecule has 0 spiro atoms. The highest BCUT2D eigenvalue weighted by molar-refractivity contribution is 5.31. The standard InChI is InChI=1S/C14H20F3N3/c1-13(18,20-8-6-19-7-9-20)10-11-4-2-3-5-12(11)14(15,16)17/h2-5,19H,6-10,18H2,1H3. The van der Waals surface area contributed by atoms with Crippen LogP contribution >= 0.6 is 0 Å². The fourth-order valence-electron chi connectivity index (χ4n) is 2.62. The maximum atomic E-state index is 13.0. The van der Waals surface area contributed by atoms with Crippen molar-refractivity contribution >= 4 is 0 Å². The number of rotatable bonds is 3. The Bertz CT molecular complexity index is 451. The number of hydrogen-bond acceptors (Lipinski definition) is 3. The zero-order valence-corrected chi connectivity index (χ0v) is 11.5. The molecule has 112 valence electrons.